The second-order valence-corrected chi connectivity index (χ2v) is 6.50. The molecule has 6 heteroatoms. The van der Waals surface area contributed by atoms with Gasteiger partial charge in [-0.15, -0.1) is 0 Å². The minimum Gasteiger partial charge on any atom is -0.348 e. The second-order valence-electron chi connectivity index (χ2n) is 5.65. The van der Waals surface area contributed by atoms with Gasteiger partial charge in [0.25, 0.3) is 5.91 Å². The van der Waals surface area contributed by atoms with E-state index in [9.17, 15) is 14.0 Å². The summed E-state index contributed by atoms with van der Waals surface area (Å²) in [5, 5.41) is 5.58. The Morgan fingerprint density at radius 1 is 1.12 bits per heavy atom. The maximum atomic E-state index is 13.0. The summed E-state index contributed by atoms with van der Waals surface area (Å²) in [6, 6.07) is 11.2. The van der Waals surface area contributed by atoms with Crippen LogP contribution in [-0.2, 0) is 11.3 Å². The topological polar surface area (TPSA) is 58.2 Å². The SMILES string of the molecule is CC(C)C(=O)Nc1ccc(CNC(=O)c2ccc(F)cc2Br)cc1. The van der Waals surface area contributed by atoms with Crippen LogP contribution in [0.15, 0.2) is 46.9 Å². The quantitative estimate of drug-likeness (QED) is 0.803. The third-order valence-corrected chi connectivity index (χ3v) is 4.03. The van der Waals surface area contributed by atoms with Gasteiger partial charge in [0.1, 0.15) is 5.82 Å². The highest BCUT2D eigenvalue weighted by Crippen LogP contribution is 2.18. The van der Waals surface area contributed by atoms with E-state index in [1.54, 1.807) is 12.1 Å². The number of anilines is 1. The molecule has 2 aromatic carbocycles. The molecule has 4 nitrogen and oxygen atoms in total. The molecule has 0 radical (unpaired) electrons. The van der Waals surface area contributed by atoms with E-state index in [1.165, 1.54) is 18.2 Å². The van der Waals surface area contributed by atoms with Crippen LogP contribution in [0.1, 0.15) is 29.8 Å². The zero-order valence-electron chi connectivity index (χ0n) is 13.4. The number of nitrogens with one attached hydrogen (secondary N) is 2. The van der Waals surface area contributed by atoms with Gasteiger partial charge in [0.15, 0.2) is 0 Å². The molecule has 0 aliphatic carbocycles. The third-order valence-electron chi connectivity index (χ3n) is 3.37. The molecular weight excluding hydrogens is 375 g/mol. The molecule has 0 heterocycles. The molecule has 0 fully saturated rings. The predicted octanol–water partition coefficient (Wildman–Crippen LogP) is 4.11. The number of carbonyl (C=O) groups is 2. The molecule has 2 amide bonds. The average molecular weight is 393 g/mol. The van der Waals surface area contributed by atoms with Gasteiger partial charge in [-0.1, -0.05) is 26.0 Å². The van der Waals surface area contributed by atoms with E-state index in [0.717, 1.165) is 5.56 Å². The van der Waals surface area contributed by atoms with E-state index >= 15 is 0 Å². The van der Waals surface area contributed by atoms with Crippen LogP contribution in [-0.4, -0.2) is 11.8 Å². The number of benzene rings is 2. The van der Waals surface area contributed by atoms with Crippen molar-refractivity contribution in [2.24, 2.45) is 5.92 Å². The number of halogens is 2. The van der Waals surface area contributed by atoms with E-state index in [2.05, 4.69) is 26.6 Å². The number of amides is 2. The first kappa shape index (κ1) is 18.1. The third kappa shape index (κ3) is 4.89. The van der Waals surface area contributed by atoms with Crippen LogP contribution >= 0.6 is 15.9 Å². The summed E-state index contributed by atoms with van der Waals surface area (Å²) in [5.74, 6) is -0.827. The van der Waals surface area contributed by atoms with E-state index in [0.29, 0.717) is 22.3 Å². The molecule has 2 aromatic rings. The molecule has 0 aliphatic rings. The first-order valence-electron chi connectivity index (χ1n) is 7.50. The van der Waals surface area contributed by atoms with Crippen molar-refractivity contribution in [2.45, 2.75) is 20.4 Å². The van der Waals surface area contributed by atoms with E-state index < -0.39 is 5.82 Å². The summed E-state index contributed by atoms with van der Waals surface area (Å²) in [6.45, 7) is 3.99. The van der Waals surface area contributed by atoms with Gasteiger partial charge >= 0.3 is 0 Å². The maximum absolute atomic E-state index is 13.0. The van der Waals surface area contributed by atoms with E-state index in [4.69, 9.17) is 0 Å². The highest BCUT2D eigenvalue weighted by atomic mass is 79.9. The zero-order chi connectivity index (χ0) is 17.7. The van der Waals surface area contributed by atoms with Gasteiger partial charge in [-0.3, -0.25) is 9.59 Å². The highest BCUT2D eigenvalue weighted by molar-refractivity contribution is 9.10. The van der Waals surface area contributed by atoms with Crippen LogP contribution in [0.25, 0.3) is 0 Å². The molecule has 0 atom stereocenters. The Morgan fingerprint density at radius 2 is 1.79 bits per heavy atom. The first-order valence-corrected chi connectivity index (χ1v) is 8.29. The summed E-state index contributed by atoms with van der Waals surface area (Å²) in [5.41, 5.74) is 1.98. The Kier molecular flexibility index (Phi) is 6.09. The van der Waals surface area contributed by atoms with Crippen molar-refractivity contribution >= 4 is 33.4 Å². The van der Waals surface area contributed by atoms with Gasteiger partial charge in [-0.05, 0) is 51.8 Å². The molecule has 0 spiro atoms. The fraction of sp³-hybridized carbons (Fsp3) is 0.222. The van der Waals surface area contributed by atoms with Crippen LogP contribution < -0.4 is 10.6 Å². The number of hydrogen-bond acceptors (Lipinski definition) is 2. The van der Waals surface area contributed by atoms with Gasteiger partial charge in [0, 0.05) is 22.6 Å². The summed E-state index contributed by atoms with van der Waals surface area (Å²) in [4.78, 5) is 23.7. The largest absolute Gasteiger partial charge is 0.348 e. The molecule has 2 rings (SSSR count). The molecule has 0 aliphatic heterocycles. The Morgan fingerprint density at radius 3 is 2.38 bits per heavy atom. The van der Waals surface area contributed by atoms with Crippen molar-refractivity contribution in [1.29, 1.82) is 0 Å². The molecule has 0 bridgehead atoms. The fourth-order valence-electron chi connectivity index (χ4n) is 1.94. The molecule has 0 saturated heterocycles. The minimum absolute atomic E-state index is 0.0442. The van der Waals surface area contributed by atoms with Crippen molar-refractivity contribution in [3.63, 3.8) is 0 Å². The van der Waals surface area contributed by atoms with Gasteiger partial charge in [-0.2, -0.15) is 0 Å². The standard InChI is InChI=1S/C18H18BrFN2O2/c1-11(2)17(23)22-14-6-3-12(4-7-14)10-21-18(24)15-8-5-13(20)9-16(15)19/h3-9,11H,10H2,1-2H3,(H,21,24)(H,22,23). The monoisotopic (exact) mass is 392 g/mol. The number of carbonyl (C=O) groups excluding carboxylic acids is 2. The first-order chi connectivity index (χ1) is 11.4. The van der Waals surface area contributed by atoms with Crippen molar-refractivity contribution in [1.82, 2.24) is 5.32 Å². The number of rotatable bonds is 5. The lowest BCUT2D eigenvalue weighted by atomic mass is 10.1. The lowest BCUT2D eigenvalue weighted by molar-refractivity contribution is -0.118. The maximum Gasteiger partial charge on any atom is 0.252 e. The molecule has 0 unspecified atom stereocenters. The molecule has 24 heavy (non-hydrogen) atoms. The Labute approximate surface area is 148 Å². The molecule has 126 valence electrons. The normalized spacial score (nSPS) is 10.5. The highest BCUT2D eigenvalue weighted by Gasteiger charge is 2.11. The zero-order valence-corrected chi connectivity index (χ0v) is 15.0. The fourth-order valence-corrected chi connectivity index (χ4v) is 2.47. The summed E-state index contributed by atoms with van der Waals surface area (Å²) in [7, 11) is 0. The van der Waals surface area contributed by atoms with Crippen LogP contribution in [0.4, 0.5) is 10.1 Å². The Hall–Kier alpha value is -2.21. The smallest absolute Gasteiger partial charge is 0.252 e. The second kappa shape index (κ2) is 8.06. The van der Waals surface area contributed by atoms with Gasteiger partial charge in [0.2, 0.25) is 5.91 Å². The Balaban J connectivity index is 1.94. The lowest BCUT2D eigenvalue weighted by Crippen LogP contribution is -2.23. The minimum atomic E-state index is -0.405. The van der Waals surface area contributed by atoms with Crippen LogP contribution in [0.5, 0.6) is 0 Å². The molecule has 2 N–H and O–H groups in total. The van der Waals surface area contributed by atoms with Gasteiger partial charge in [-0.25, -0.2) is 4.39 Å². The van der Waals surface area contributed by atoms with Crippen molar-refractivity contribution in [3.05, 3.63) is 63.9 Å². The molecule has 0 saturated carbocycles. The summed E-state index contributed by atoms with van der Waals surface area (Å²) >= 11 is 3.18. The average Bonchev–Trinajstić information content (AvgIpc) is 2.53. The van der Waals surface area contributed by atoms with E-state index in [1.807, 2.05) is 26.0 Å². The Bertz CT molecular complexity index is 745. The van der Waals surface area contributed by atoms with Crippen molar-refractivity contribution in [2.75, 3.05) is 5.32 Å². The predicted molar refractivity (Wildman–Crippen MR) is 95.2 cm³/mol. The van der Waals surface area contributed by atoms with Gasteiger partial charge in [0.05, 0.1) is 5.56 Å². The number of hydrogen-bond donors (Lipinski definition) is 2. The van der Waals surface area contributed by atoms with Crippen LogP contribution in [0.3, 0.4) is 0 Å². The molecular formula is C18H18BrFN2O2. The molecule has 0 aromatic heterocycles. The van der Waals surface area contributed by atoms with Crippen LogP contribution in [0, 0.1) is 11.7 Å². The summed E-state index contributed by atoms with van der Waals surface area (Å²) in [6.07, 6.45) is 0. The van der Waals surface area contributed by atoms with E-state index in [-0.39, 0.29) is 17.7 Å². The van der Waals surface area contributed by atoms with Crippen LogP contribution in [0.2, 0.25) is 0 Å². The van der Waals surface area contributed by atoms with Crippen molar-refractivity contribution in [3.8, 4) is 0 Å². The lowest BCUT2D eigenvalue weighted by Gasteiger charge is -2.10. The summed E-state index contributed by atoms with van der Waals surface area (Å²) < 4.78 is 13.5. The van der Waals surface area contributed by atoms with Crippen molar-refractivity contribution < 1.29 is 14.0 Å². The van der Waals surface area contributed by atoms with Gasteiger partial charge < -0.3 is 10.6 Å².